The Morgan fingerprint density at radius 1 is 1.00 bits per heavy atom. The van der Waals surface area contributed by atoms with E-state index in [1.165, 1.54) is 12.1 Å². The van der Waals surface area contributed by atoms with Crippen molar-refractivity contribution in [3.63, 3.8) is 0 Å². The van der Waals surface area contributed by atoms with Crippen molar-refractivity contribution in [1.82, 2.24) is 4.90 Å². The first-order valence-corrected chi connectivity index (χ1v) is 21.0. The van der Waals surface area contributed by atoms with Gasteiger partial charge in [0, 0.05) is 43.2 Å². The minimum absolute atomic E-state index is 0.0100. The zero-order chi connectivity index (χ0) is 42.5. The third kappa shape index (κ3) is 10.00. The summed E-state index contributed by atoms with van der Waals surface area (Å²) in [4.78, 5) is 33.5. The summed E-state index contributed by atoms with van der Waals surface area (Å²) in [7, 11) is 0. The minimum Gasteiger partial charge on any atom is -0.459 e. The fraction of sp³-hybridized carbons (Fsp3) is 0.438. The summed E-state index contributed by atoms with van der Waals surface area (Å²) in [5, 5.41) is 24.5. The van der Waals surface area contributed by atoms with Gasteiger partial charge in [0.15, 0.2) is 0 Å². The van der Waals surface area contributed by atoms with Gasteiger partial charge >= 0.3 is 6.09 Å². The van der Waals surface area contributed by atoms with E-state index in [0.717, 1.165) is 43.1 Å². The summed E-state index contributed by atoms with van der Waals surface area (Å²) in [6.07, 6.45) is 10.7. The van der Waals surface area contributed by atoms with Crippen LogP contribution in [0, 0.1) is 23.6 Å². The molecule has 3 aromatic rings. The van der Waals surface area contributed by atoms with Gasteiger partial charge in [-0.25, -0.2) is 9.18 Å². The van der Waals surface area contributed by atoms with E-state index in [1.54, 1.807) is 53.5 Å². The predicted octanol–water partition coefficient (Wildman–Crippen LogP) is 9.30. The Balaban J connectivity index is 1.59. The molecule has 0 bridgehead atoms. The highest BCUT2D eigenvalue weighted by atomic mass is 19.1. The first-order chi connectivity index (χ1) is 29.3. The highest BCUT2D eigenvalue weighted by Crippen LogP contribution is 2.62. The van der Waals surface area contributed by atoms with E-state index in [9.17, 15) is 24.2 Å². The molecule has 2 N–H and O–H groups in total. The van der Waals surface area contributed by atoms with Crippen LogP contribution in [0.1, 0.15) is 85.7 Å². The number of ether oxygens (including phenoxy) is 4. The van der Waals surface area contributed by atoms with E-state index in [-0.39, 0.29) is 57.1 Å². The predicted molar refractivity (Wildman–Crippen MR) is 227 cm³/mol. The Morgan fingerprint density at radius 2 is 1.77 bits per heavy atom. The molecule has 60 heavy (non-hydrogen) atoms. The van der Waals surface area contributed by atoms with Gasteiger partial charge in [0.2, 0.25) is 5.79 Å². The lowest BCUT2D eigenvalue weighted by molar-refractivity contribution is -0.256. The quantitative estimate of drug-likeness (QED) is 0.0440. The Kier molecular flexibility index (Phi) is 15.7. The largest absolute Gasteiger partial charge is 0.459 e. The average Bonchev–Trinajstić information content (AvgIpc) is 3.26. The number of halogens is 1. The summed E-state index contributed by atoms with van der Waals surface area (Å²) in [5.41, 5.74) is 3.56. The summed E-state index contributed by atoms with van der Waals surface area (Å²) >= 11 is 0. The monoisotopic (exact) mass is 824 g/mol. The Labute approximate surface area is 352 Å². The third-order valence-corrected chi connectivity index (χ3v) is 11.6. The lowest BCUT2D eigenvalue weighted by Gasteiger charge is -2.59. The number of aliphatic hydroxyl groups is 2. The number of hydrogen-bond donors (Lipinski definition) is 2. The summed E-state index contributed by atoms with van der Waals surface area (Å²) < 4.78 is 40.8. The van der Waals surface area contributed by atoms with Gasteiger partial charge in [0.05, 0.1) is 24.8 Å². The molecule has 0 spiro atoms. The lowest BCUT2D eigenvalue weighted by atomic mass is 9.55. The second-order valence-electron chi connectivity index (χ2n) is 15.4. The number of nitrogens with zero attached hydrogens (tertiary/aromatic N) is 2. The Morgan fingerprint density at radius 3 is 2.48 bits per heavy atom. The minimum atomic E-state index is -1.52. The van der Waals surface area contributed by atoms with Crippen LogP contribution in [0.15, 0.2) is 109 Å². The number of amides is 1. The molecular weight excluding hydrogens is 768 g/mol. The molecule has 1 amide bonds. The number of unbranched alkanes of at least 4 members (excludes halogenated alkanes) is 2. The molecule has 2 aliphatic carbocycles. The van der Waals surface area contributed by atoms with Crippen LogP contribution in [0.4, 0.5) is 9.18 Å². The molecule has 3 aliphatic rings. The lowest BCUT2D eigenvalue weighted by Crippen LogP contribution is -2.70. The molecule has 6 rings (SSSR count). The standard InChI is InChI=1S/C48H57FN2O9/c1-4-7-26-56-47(55)51(31-33-17-19-36(49)20-18-33)44-30-42(50-58-6-3)40-28-35(14-8-10-23-52)39(16-9-11-24-53)45-41-29-38(59-37-15-12-13-34(27-37)32-54)21-22-43(41)60-48(44,46(40)45)57-25-5-2/h4-5,12-13,15,17-22,27-29,32,35,39,44-46,52-53H,1-2,6-11,14,16,23-26,30-31H2,3H3/t35-,39+,44-,45+,46+,48+/m0/s1. The van der Waals surface area contributed by atoms with Gasteiger partial charge in [0.25, 0.3) is 0 Å². The molecule has 12 heteroatoms. The van der Waals surface area contributed by atoms with Gasteiger partial charge in [-0.05, 0) is 104 Å². The zero-order valence-electron chi connectivity index (χ0n) is 34.4. The molecule has 1 aliphatic heterocycles. The van der Waals surface area contributed by atoms with E-state index < -0.39 is 29.7 Å². The van der Waals surface area contributed by atoms with E-state index in [1.807, 2.05) is 25.1 Å². The van der Waals surface area contributed by atoms with Crippen LogP contribution in [-0.2, 0) is 20.9 Å². The van der Waals surface area contributed by atoms with Crippen molar-refractivity contribution >= 4 is 18.1 Å². The Bertz CT molecular complexity index is 2000. The van der Waals surface area contributed by atoms with Crippen molar-refractivity contribution in [2.45, 2.75) is 82.6 Å². The number of rotatable bonds is 22. The molecule has 1 heterocycles. The van der Waals surface area contributed by atoms with Crippen molar-refractivity contribution in [3.8, 4) is 17.2 Å². The van der Waals surface area contributed by atoms with Crippen LogP contribution in [-0.4, -0.2) is 78.1 Å². The smallest absolute Gasteiger partial charge is 0.410 e. The molecule has 11 nitrogen and oxygen atoms in total. The number of hydrogen-bond acceptors (Lipinski definition) is 10. The zero-order valence-corrected chi connectivity index (χ0v) is 34.4. The molecule has 6 atom stereocenters. The highest BCUT2D eigenvalue weighted by molar-refractivity contribution is 6.03. The van der Waals surface area contributed by atoms with E-state index in [2.05, 4.69) is 19.2 Å². The average molecular weight is 825 g/mol. The third-order valence-electron chi connectivity index (χ3n) is 11.6. The second-order valence-corrected chi connectivity index (χ2v) is 15.4. The number of aldehydes is 1. The molecule has 320 valence electrons. The molecule has 0 radical (unpaired) electrons. The Hall–Kier alpha value is -5.30. The molecule has 0 aromatic heterocycles. The number of benzene rings is 3. The topological polar surface area (TPSA) is 136 Å². The molecule has 0 unspecified atom stereocenters. The molecule has 1 fully saturated rings. The maximum absolute atomic E-state index is 14.5. The van der Waals surface area contributed by atoms with Crippen molar-refractivity contribution in [2.75, 3.05) is 33.0 Å². The first kappa shape index (κ1) is 44.3. The summed E-state index contributed by atoms with van der Waals surface area (Å²) in [6, 6.07) is 17.8. The van der Waals surface area contributed by atoms with Crippen molar-refractivity contribution in [2.24, 2.45) is 22.9 Å². The number of allylic oxidation sites excluding steroid dienone is 1. The van der Waals surface area contributed by atoms with E-state index >= 15 is 0 Å². The molecule has 3 aromatic carbocycles. The van der Waals surface area contributed by atoms with Crippen molar-refractivity contribution in [3.05, 3.63) is 126 Å². The molecule has 1 saturated carbocycles. The summed E-state index contributed by atoms with van der Waals surface area (Å²) in [5.74, 6) is -1.15. The number of oxime groups is 1. The van der Waals surface area contributed by atoms with Gasteiger partial charge in [-0.2, -0.15) is 0 Å². The number of carbonyl (C=O) groups is 2. The van der Waals surface area contributed by atoms with Crippen molar-refractivity contribution in [1.29, 1.82) is 0 Å². The van der Waals surface area contributed by atoms with Gasteiger partial charge in [-0.3, -0.25) is 9.69 Å². The second kappa shape index (κ2) is 21.3. The van der Waals surface area contributed by atoms with Crippen LogP contribution in [0.2, 0.25) is 0 Å². The van der Waals surface area contributed by atoms with Crippen LogP contribution in [0.3, 0.4) is 0 Å². The van der Waals surface area contributed by atoms with Gasteiger partial charge in [0.1, 0.15) is 42.0 Å². The number of aliphatic hydroxyl groups excluding tert-OH is 2. The molecular formula is C48H57FN2O9. The van der Waals surface area contributed by atoms with Crippen LogP contribution in [0.25, 0.3) is 0 Å². The highest BCUT2D eigenvalue weighted by Gasteiger charge is 2.65. The fourth-order valence-corrected chi connectivity index (χ4v) is 9.04. The van der Waals surface area contributed by atoms with Crippen molar-refractivity contribution < 1.29 is 48.0 Å². The SMILES string of the molecule is C=CCCOC(=O)N(Cc1ccc(F)cc1)[C@H]1CC(=NOCC)C2=C[C@H](CCCCO)[C@@H](CCCCO)[C@@H]3c4cc(Oc5cccc(C=O)c5)ccc4O[C@@]1(OCC=C)[C@H]23. The first-order valence-electron chi connectivity index (χ1n) is 21.0. The summed E-state index contributed by atoms with van der Waals surface area (Å²) in [6.45, 7) is 10.3. The van der Waals surface area contributed by atoms with E-state index in [4.69, 9.17) is 28.9 Å². The maximum Gasteiger partial charge on any atom is 0.410 e. The number of fused-ring (bicyclic) bond motifs is 2. The van der Waals surface area contributed by atoms with Crippen LogP contribution in [0.5, 0.6) is 17.2 Å². The van der Waals surface area contributed by atoms with Gasteiger partial charge in [-0.15, -0.1) is 13.2 Å². The van der Waals surface area contributed by atoms with Crippen LogP contribution < -0.4 is 9.47 Å². The molecule has 0 saturated heterocycles. The fourth-order valence-electron chi connectivity index (χ4n) is 9.04. The maximum atomic E-state index is 14.5. The normalized spacial score (nSPS) is 23.3. The van der Waals surface area contributed by atoms with E-state index in [0.29, 0.717) is 60.0 Å². The number of carbonyl (C=O) groups excluding carboxylic acids is 2. The van der Waals surface area contributed by atoms with Gasteiger partial charge in [-0.1, -0.05) is 60.5 Å². The van der Waals surface area contributed by atoms with Crippen LogP contribution >= 0.6 is 0 Å². The van der Waals surface area contributed by atoms with Gasteiger partial charge < -0.3 is 34.0 Å².